The molecule has 0 fully saturated rings. The lowest BCUT2D eigenvalue weighted by Gasteiger charge is -2.08. The molecule has 0 unspecified atom stereocenters. The maximum atomic E-state index is 11.9. The first-order chi connectivity index (χ1) is 10.7. The molecule has 0 radical (unpaired) electrons. The molecule has 3 rings (SSSR count). The van der Waals surface area contributed by atoms with Crippen molar-refractivity contribution in [2.45, 2.75) is 13.8 Å². The average Bonchev–Trinajstić information content (AvgIpc) is 2.92. The van der Waals surface area contributed by atoms with Gasteiger partial charge in [-0.2, -0.15) is 5.10 Å². The largest absolute Gasteiger partial charge is 0.460 e. The van der Waals surface area contributed by atoms with Crippen LogP contribution in [0.5, 0.6) is 0 Å². The minimum absolute atomic E-state index is 0.0234. The van der Waals surface area contributed by atoms with Crippen LogP contribution in [0.2, 0.25) is 0 Å². The number of aromatic nitrogens is 4. The van der Waals surface area contributed by atoms with Gasteiger partial charge in [-0.05, 0) is 26.0 Å². The van der Waals surface area contributed by atoms with Gasteiger partial charge >= 0.3 is 5.97 Å². The topological polar surface area (TPSA) is 92.8 Å². The summed E-state index contributed by atoms with van der Waals surface area (Å²) < 4.78 is 4.97. The molecule has 22 heavy (non-hydrogen) atoms. The number of carbonyl (C=O) groups excluding carboxylic acids is 1. The third-order valence-corrected chi connectivity index (χ3v) is 3.01. The zero-order valence-corrected chi connectivity index (χ0v) is 12.3. The zero-order chi connectivity index (χ0) is 15.5. The van der Waals surface area contributed by atoms with Crippen molar-refractivity contribution in [3.8, 4) is 0 Å². The van der Waals surface area contributed by atoms with E-state index in [0.29, 0.717) is 17.2 Å². The number of fused-ring (bicyclic) bond motifs is 1. The molecule has 0 bridgehead atoms. The Hall–Kier alpha value is -2.96. The molecule has 0 spiro atoms. The Morgan fingerprint density at radius 3 is 2.86 bits per heavy atom. The highest BCUT2D eigenvalue weighted by Gasteiger charge is 2.15. The van der Waals surface area contributed by atoms with Gasteiger partial charge in [0.05, 0.1) is 12.1 Å². The molecule has 7 nitrogen and oxygen atoms in total. The lowest BCUT2D eigenvalue weighted by molar-refractivity contribution is 0.0512. The maximum Gasteiger partial charge on any atom is 0.376 e. The van der Waals surface area contributed by atoms with Gasteiger partial charge in [0.15, 0.2) is 5.82 Å². The third-order valence-electron chi connectivity index (χ3n) is 3.01. The molecule has 0 amide bonds. The summed E-state index contributed by atoms with van der Waals surface area (Å²) in [7, 11) is 0. The minimum Gasteiger partial charge on any atom is -0.460 e. The second-order valence-electron chi connectivity index (χ2n) is 4.69. The number of rotatable bonds is 4. The van der Waals surface area contributed by atoms with Crippen LogP contribution in [-0.4, -0.2) is 32.7 Å². The number of para-hydroxylation sites is 1. The summed E-state index contributed by atoms with van der Waals surface area (Å²) in [6.07, 6.45) is 0. The summed E-state index contributed by atoms with van der Waals surface area (Å²) in [5, 5.41) is 10.9. The van der Waals surface area contributed by atoms with Crippen LogP contribution in [0, 0.1) is 6.92 Å². The summed E-state index contributed by atoms with van der Waals surface area (Å²) in [6.45, 7) is 3.92. The predicted octanol–water partition coefficient (Wildman–Crippen LogP) is 2.58. The Morgan fingerprint density at radius 1 is 1.32 bits per heavy atom. The van der Waals surface area contributed by atoms with Gasteiger partial charge in [-0.1, -0.05) is 12.1 Å². The van der Waals surface area contributed by atoms with Crippen LogP contribution in [0.1, 0.15) is 23.2 Å². The van der Waals surface area contributed by atoms with Gasteiger partial charge in [0.1, 0.15) is 5.82 Å². The van der Waals surface area contributed by atoms with Gasteiger partial charge in [0.2, 0.25) is 5.82 Å². The van der Waals surface area contributed by atoms with E-state index in [4.69, 9.17) is 4.74 Å². The Bertz CT molecular complexity index is 828. The van der Waals surface area contributed by atoms with Gasteiger partial charge in [-0.3, -0.25) is 5.10 Å². The second kappa shape index (κ2) is 5.80. The van der Waals surface area contributed by atoms with Crippen molar-refractivity contribution in [1.82, 2.24) is 20.2 Å². The molecule has 0 saturated carbocycles. The fourth-order valence-electron chi connectivity index (χ4n) is 2.06. The zero-order valence-electron chi connectivity index (χ0n) is 12.3. The molecule has 0 saturated heterocycles. The van der Waals surface area contributed by atoms with E-state index < -0.39 is 5.97 Å². The number of ether oxygens (including phenoxy) is 1. The lowest BCUT2D eigenvalue weighted by Crippen LogP contribution is -2.11. The van der Waals surface area contributed by atoms with Gasteiger partial charge in [-0.15, -0.1) is 0 Å². The van der Waals surface area contributed by atoms with E-state index in [1.54, 1.807) is 6.92 Å². The van der Waals surface area contributed by atoms with Crippen molar-refractivity contribution in [3.63, 3.8) is 0 Å². The fraction of sp³-hybridized carbons (Fsp3) is 0.200. The van der Waals surface area contributed by atoms with E-state index in [1.165, 1.54) is 0 Å². The summed E-state index contributed by atoms with van der Waals surface area (Å²) in [5.74, 6) is 0.612. The summed E-state index contributed by atoms with van der Waals surface area (Å²) >= 11 is 0. The quantitative estimate of drug-likeness (QED) is 0.719. The highest BCUT2D eigenvalue weighted by Crippen LogP contribution is 2.23. The summed E-state index contributed by atoms with van der Waals surface area (Å²) in [6, 6.07) is 9.29. The monoisotopic (exact) mass is 297 g/mol. The van der Waals surface area contributed by atoms with Crippen molar-refractivity contribution in [2.75, 3.05) is 11.9 Å². The maximum absolute atomic E-state index is 11.9. The summed E-state index contributed by atoms with van der Waals surface area (Å²) in [4.78, 5) is 20.4. The van der Waals surface area contributed by atoms with E-state index in [2.05, 4.69) is 25.5 Å². The van der Waals surface area contributed by atoms with Crippen LogP contribution in [0.4, 0.5) is 11.6 Å². The van der Waals surface area contributed by atoms with Gasteiger partial charge in [-0.25, -0.2) is 14.8 Å². The van der Waals surface area contributed by atoms with E-state index in [9.17, 15) is 4.79 Å². The molecule has 2 N–H and O–H groups in total. The van der Waals surface area contributed by atoms with Crippen LogP contribution < -0.4 is 5.32 Å². The van der Waals surface area contributed by atoms with Crippen LogP contribution >= 0.6 is 0 Å². The second-order valence-corrected chi connectivity index (χ2v) is 4.69. The molecular formula is C15H15N5O2. The van der Waals surface area contributed by atoms with E-state index in [1.807, 2.05) is 37.3 Å². The van der Waals surface area contributed by atoms with E-state index in [-0.39, 0.29) is 12.4 Å². The van der Waals surface area contributed by atoms with Crippen LogP contribution in [-0.2, 0) is 4.74 Å². The van der Waals surface area contributed by atoms with E-state index in [0.717, 1.165) is 11.1 Å². The fourth-order valence-corrected chi connectivity index (χ4v) is 2.06. The highest BCUT2D eigenvalue weighted by molar-refractivity contribution is 5.95. The highest BCUT2D eigenvalue weighted by atomic mass is 16.5. The number of aryl methyl sites for hydroxylation is 1. The van der Waals surface area contributed by atoms with Crippen LogP contribution in [0.15, 0.2) is 30.3 Å². The first-order valence-corrected chi connectivity index (χ1v) is 6.90. The first-order valence-electron chi connectivity index (χ1n) is 6.90. The van der Waals surface area contributed by atoms with E-state index >= 15 is 0 Å². The number of aromatic amines is 1. The van der Waals surface area contributed by atoms with Crippen molar-refractivity contribution in [2.24, 2.45) is 0 Å². The van der Waals surface area contributed by atoms with Crippen molar-refractivity contribution < 1.29 is 9.53 Å². The number of hydrogen-bond donors (Lipinski definition) is 2. The molecule has 7 heteroatoms. The molecule has 1 aromatic carbocycles. The molecule has 112 valence electrons. The first kappa shape index (κ1) is 14.0. The van der Waals surface area contributed by atoms with Gasteiger partial charge in [0, 0.05) is 17.1 Å². The molecule has 2 heterocycles. The number of benzene rings is 1. The number of hydrogen-bond acceptors (Lipinski definition) is 6. The predicted molar refractivity (Wildman–Crippen MR) is 82.1 cm³/mol. The Balaban J connectivity index is 2.07. The van der Waals surface area contributed by atoms with Crippen molar-refractivity contribution >= 4 is 28.5 Å². The molecule has 0 atom stereocenters. The van der Waals surface area contributed by atoms with Crippen molar-refractivity contribution in [3.05, 3.63) is 41.9 Å². The lowest BCUT2D eigenvalue weighted by atomic mass is 10.2. The Morgan fingerprint density at radius 2 is 2.14 bits per heavy atom. The van der Waals surface area contributed by atoms with Crippen LogP contribution in [0.25, 0.3) is 10.9 Å². The Kier molecular flexibility index (Phi) is 3.69. The SMILES string of the molecule is CCOC(=O)c1nc(Nc2cc(C)[nH]n2)c2ccccc2n1. The molecular weight excluding hydrogens is 282 g/mol. The molecule has 2 aromatic heterocycles. The number of nitrogens with one attached hydrogen (secondary N) is 2. The number of anilines is 2. The number of H-pyrrole nitrogens is 1. The Labute approximate surface area is 126 Å². The van der Waals surface area contributed by atoms with Crippen LogP contribution in [0.3, 0.4) is 0 Å². The van der Waals surface area contributed by atoms with Gasteiger partial charge in [0.25, 0.3) is 0 Å². The summed E-state index contributed by atoms with van der Waals surface area (Å²) in [5.41, 5.74) is 1.58. The molecule has 0 aliphatic rings. The average molecular weight is 297 g/mol. The van der Waals surface area contributed by atoms with Gasteiger partial charge < -0.3 is 10.1 Å². The molecule has 0 aliphatic carbocycles. The smallest absolute Gasteiger partial charge is 0.376 e. The molecule has 3 aromatic rings. The number of nitrogens with zero attached hydrogens (tertiary/aromatic N) is 3. The standard InChI is InChI=1S/C15H15N5O2/c1-3-22-15(21)14-16-11-7-5-4-6-10(11)13(18-14)17-12-8-9(2)19-20-12/h4-8H,3H2,1-2H3,(H2,16,17,18,19,20). The normalized spacial score (nSPS) is 10.6. The third kappa shape index (κ3) is 2.73. The number of esters is 1. The number of carbonyl (C=O) groups is 1. The minimum atomic E-state index is -0.547. The molecule has 0 aliphatic heterocycles. The van der Waals surface area contributed by atoms with Crippen molar-refractivity contribution in [1.29, 1.82) is 0 Å².